The highest BCUT2D eigenvalue weighted by Gasteiger charge is 2.28. The number of carbonyl (C=O) groups excluding carboxylic acids is 1. The van der Waals surface area contributed by atoms with Crippen molar-refractivity contribution in [2.45, 2.75) is 46.0 Å². The molecular weight excluding hydrogens is 335 g/mol. The summed E-state index contributed by atoms with van der Waals surface area (Å²) in [6.45, 7) is 4.32. The van der Waals surface area contributed by atoms with Crippen molar-refractivity contribution in [3.8, 4) is 0 Å². The Bertz CT molecular complexity index is 439. The number of aryl methyl sites for hydroxylation is 1. The summed E-state index contributed by atoms with van der Waals surface area (Å²) in [6, 6.07) is 6.08. The number of hydrogen-bond donors (Lipinski definition) is 0. The average Bonchev–Trinajstić information content (AvgIpc) is 2.41. The first-order valence-corrected chi connectivity index (χ1v) is 8.00. The second-order valence-corrected chi connectivity index (χ2v) is 6.52. The zero-order chi connectivity index (χ0) is 13.1. The molecule has 0 saturated heterocycles. The number of halogens is 1. The quantitative estimate of drug-likeness (QED) is 0.550. The highest BCUT2D eigenvalue weighted by molar-refractivity contribution is 14.1. The number of ketones is 1. The zero-order valence-electron chi connectivity index (χ0n) is 11.2. The third kappa shape index (κ3) is 2.95. The maximum Gasteiger partial charge on any atom is 0.167 e. The van der Waals surface area contributed by atoms with Gasteiger partial charge in [-0.1, -0.05) is 44.4 Å². The van der Waals surface area contributed by atoms with E-state index in [1.54, 1.807) is 0 Å². The van der Waals surface area contributed by atoms with Crippen LogP contribution in [0.3, 0.4) is 0 Å². The molecule has 1 aliphatic carbocycles. The second kappa shape index (κ2) is 6.18. The van der Waals surface area contributed by atoms with Crippen molar-refractivity contribution in [2.75, 3.05) is 0 Å². The van der Waals surface area contributed by atoms with E-state index in [1.807, 2.05) is 12.1 Å². The monoisotopic (exact) mass is 356 g/mol. The highest BCUT2D eigenvalue weighted by Crippen LogP contribution is 2.34. The summed E-state index contributed by atoms with van der Waals surface area (Å²) in [5.74, 6) is 1.40. The van der Waals surface area contributed by atoms with Crippen LogP contribution in [-0.2, 0) is 0 Å². The predicted molar refractivity (Wildman–Crippen MR) is 84.0 cm³/mol. The van der Waals surface area contributed by atoms with Gasteiger partial charge in [0.1, 0.15) is 0 Å². The van der Waals surface area contributed by atoms with Crippen molar-refractivity contribution in [3.63, 3.8) is 0 Å². The van der Waals surface area contributed by atoms with Crippen LogP contribution < -0.4 is 0 Å². The zero-order valence-corrected chi connectivity index (χ0v) is 13.4. The van der Waals surface area contributed by atoms with Crippen LogP contribution >= 0.6 is 22.6 Å². The van der Waals surface area contributed by atoms with Gasteiger partial charge in [-0.05, 0) is 53.8 Å². The largest absolute Gasteiger partial charge is 0.294 e. The van der Waals surface area contributed by atoms with Crippen molar-refractivity contribution in [3.05, 3.63) is 32.9 Å². The van der Waals surface area contributed by atoms with Gasteiger partial charge in [0.05, 0.1) is 0 Å². The molecule has 1 fully saturated rings. The second-order valence-electron chi connectivity index (χ2n) is 5.44. The predicted octanol–water partition coefficient (Wildman–Crippen LogP) is 5.00. The van der Waals surface area contributed by atoms with Crippen LogP contribution in [0.4, 0.5) is 0 Å². The van der Waals surface area contributed by atoms with Crippen LogP contribution in [0.1, 0.15) is 54.9 Å². The third-order valence-corrected chi connectivity index (χ3v) is 5.62. The molecule has 1 aromatic carbocycles. The SMILES string of the molecule is CCC1CCCC(C(=O)c2cccc(C)c2I)C1. The Morgan fingerprint density at radius 3 is 2.89 bits per heavy atom. The molecule has 18 heavy (non-hydrogen) atoms. The first kappa shape index (κ1) is 14.0. The number of benzene rings is 1. The first-order chi connectivity index (χ1) is 8.63. The van der Waals surface area contributed by atoms with Crippen molar-refractivity contribution >= 4 is 28.4 Å². The number of Topliss-reactive ketones (excluding diaryl/α,β-unsaturated/α-hetero) is 1. The number of hydrogen-bond acceptors (Lipinski definition) is 1. The van der Waals surface area contributed by atoms with Crippen molar-refractivity contribution < 1.29 is 4.79 Å². The summed E-state index contributed by atoms with van der Waals surface area (Å²) >= 11 is 2.31. The summed E-state index contributed by atoms with van der Waals surface area (Å²) in [5, 5.41) is 0. The van der Waals surface area contributed by atoms with Gasteiger partial charge < -0.3 is 0 Å². The molecular formula is C16H21IO. The molecule has 0 aromatic heterocycles. The third-order valence-electron chi connectivity index (χ3n) is 4.19. The van der Waals surface area contributed by atoms with E-state index in [4.69, 9.17) is 0 Å². The molecule has 1 aliphatic rings. The van der Waals surface area contributed by atoms with E-state index in [2.05, 4.69) is 42.5 Å². The number of rotatable bonds is 3. The smallest absolute Gasteiger partial charge is 0.167 e. The molecule has 0 N–H and O–H groups in total. The van der Waals surface area contributed by atoms with Gasteiger partial charge in [-0.15, -0.1) is 0 Å². The molecule has 2 atom stereocenters. The molecule has 0 spiro atoms. The highest BCUT2D eigenvalue weighted by atomic mass is 127. The Hall–Kier alpha value is -0.380. The minimum Gasteiger partial charge on any atom is -0.294 e. The summed E-state index contributed by atoms with van der Waals surface area (Å²) in [7, 11) is 0. The lowest BCUT2D eigenvalue weighted by atomic mass is 9.77. The van der Waals surface area contributed by atoms with Gasteiger partial charge in [-0.25, -0.2) is 0 Å². The Balaban J connectivity index is 2.18. The van der Waals surface area contributed by atoms with E-state index >= 15 is 0 Å². The lowest BCUT2D eigenvalue weighted by Gasteiger charge is -2.27. The molecule has 1 nitrogen and oxygen atoms in total. The Labute approximate surface area is 123 Å². The molecule has 2 unspecified atom stereocenters. The fraction of sp³-hybridized carbons (Fsp3) is 0.562. The van der Waals surface area contributed by atoms with Crippen LogP contribution in [-0.4, -0.2) is 5.78 Å². The standard InChI is InChI=1S/C16H21IO/c1-3-12-7-5-8-13(10-12)16(18)14-9-4-6-11(2)15(14)17/h4,6,9,12-13H,3,5,7-8,10H2,1-2H3. The normalized spacial score (nSPS) is 23.9. The molecule has 2 heteroatoms. The van der Waals surface area contributed by atoms with Gasteiger partial charge in [0.2, 0.25) is 0 Å². The number of carbonyl (C=O) groups is 1. The molecule has 0 radical (unpaired) electrons. The maximum atomic E-state index is 12.6. The summed E-state index contributed by atoms with van der Waals surface area (Å²) in [6.07, 6.45) is 5.93. The summed E-state index contributed by atoms with van der Waals surface area (Å²) in [5.41, 5.74) is 2.15. The molecule has 0 bridgehead atoms. The molecule has 1 saturated carbocycles. The van der Waals surface area contributed by atoms with Crippen molar-refractivity contribution in [1.82, 2.24) is 0 Å². The van der Waals surface area contributed by atoms with Crippen molar-refractivity contribution in [2.24, 2.45) is 11.8 Å². The van der Waals surface area contributed by atoms with Crippen LogP contribution in [0.2, 0.25) is 0 Å². The van der Waals surface area contributed by atoms with Gasteiger partial charge in [0.25, 0.3) is 0 Å². The summed E-state index contributed by atoms with van der Waals surface area (Å²) < 4.78 is 1.14. The van der Waals surface area contributed by atoms with E-state index in [9.17, 15) is 4.79 Å². The Morgan fingerprint density at radius 2 is 2.17 bits per heavy atom. The Kier molecular flexibility index (Phi) is 4.82. The van der Waals surface area contributed by atoms with Crippen LogP contribution in [0.15, 0.2) is 18.2 Å². The minimum atomic E-state index is 0.263. The fourth-order valence-corrected chi connectivity index (χ4v) is 3.58. The average molecular weight is 356 g/mol. The lowest BCUT2D eigenvalue weighted by Crippen LogP contribution is -2.23. The van der Waals surface area contributed by atoms with Crippen LogP contribution in [0.25, 0.3) is 0 Å². The van der Waals surface area contributed by atoms with Gasteiger partial charge in [0, 0.05) is 15.1 Å². The van der Waals surface area contributed by atoms with E-state index in [-0.39, 0.29) is 5.92 Å². The van der Waals surface area contributed by atoms with Crippen LogP contribution in [0.5, 0.6) is 0 Å². The molecule has 0 heterocycles. The topological polar surface area (TPSA) is 17.1 Å². The van der Waals surface area contributed by atoms with E-state index in [1.165, 1.54) is 24.8 Å². The maximum absolute atomic E-state index is 12.6. The summed E-state index contributed by atoms with van der Waals surface area (Å²) in [4.78, 5) is 12.6. The lowest BCUT2D eigenvalue weighted by molar-refractivity contribution is 0.0861. The van der Waals surface area contributed by atoms with Crippen LogP contribution in [0, 0.1) is 22.3 Å². The van der Waals surface area contributed by atoms with Gasteiger partial charge in [0.15, 0.2) is 5.78 Å². The fourth-order valence-electron chi connectivity index (χ4n) is 2.96. The van der Waals surface area contributed by atoms with E-state index in [0.29, 0.717) is 5.78 Å². The molecule has 1 aromatic rings. The van der Waals surface area contributed by atoms with Gasteiger partial charge in [-0.3, -0.25) is 4.79 Å². The van der Waals surface area contributed by atoms with Gasteiger partial charge >= 0.3 is 0 Å². The first-order valence-electron chi connectivity index (χ1n) is 6.92. The van der Waals surface area contributed by atoms with Gasteiger partial charge in [-0.2, -0.15) is 0 Å². The van der Waals surface area contributed by atoms with E-state index in [0.717, 1.165) is 27.9 Å². The van der Waals surface area contributed by atoms with E-state index < -0.39 is 0 Å². The van der Waals surface area contributed by atoms with Crippen molar-refractivity contribution in [1.29, 1.82) is 0 Å². The molecule has 0 amide bonds. The minimum absolute atomic E-state index is 0.263. The molecule has 0 aliphatic heterocycles. The molecule has 98 valence electrons. The Morgan fingerprint density at radius 1 is 1.39 bits per heavy atom. The molecule has 2 rings (SSSR count).